The lowest BCUT2D eigenvalue weighted by atomic mass is 9.33. The zero-order valence-corrected chi connectivity index (χ0v) is 45.2. The van der Waals surface area contributed by atoms with Crippen molar-refractivity contribution in [3.05, 3.63) is 266 Å². The standard InChI is InChI=1S/C74H60BN3/c1-73(2,3)55-42-53(43-56(47-55)74(4,5)6)51-34-37-59(38-35-51)77-68-32-21-33-69-71(68)75(65-40-39-60(48-70(65)77)76(57-26-15-9-16-27-57)58-28-17-10-18-29-58)66-46-54(50-24-13-8-14-25-50)45-64-62-31-20-19-30-61(62)63-44-52(49-22-11-7-12-23-49)36-41-67(63)78(69)72(64)66/h7-48H,1-6H3. The predicted molar refractivity (Wildman–Crippen MR) is 333 cm³/mol. The molecule has 0 saturated heterocycles. The Balaban J connectivity index is 1.04. The average molecular weight is 1000 g/mol. The van der Waals surface area contributed by atoms with Crippen LogP contribution in [0.25, 0.3) is 55.6 Å². The van der Waals surface area contributed by atoms with Crippen LogP contribution in [0.1, 0.15) is 52.7 Å². The molecule has 0 bridgehead atoms. The van der Waals surface area contributed by atoms with E-state index in [1.54, 1.807) is 0 Å². The highest BCUT2D eigenvalue weighted by atomic mass is 15.2. The Morgan fingerprint density at radius 3 is 1.41 bits per heavy atom. The second-order valence-electron chi connectivity index (χ2n) is 23.4. The van der Waals surface area contributed by atoms with Gasteiger partial charge in [-0.15, -0.1) is 0 Å². The second-order valence-corrected chi connectivity index (χ2v) is 23.4. The number of nitrogens with zero attached hydrogens (tertiary/aromatic N) is 3. The second kappa shape index (κ2) is 18.3. The van der Waals surface area contributed by atoms with Crippen molar-refractivity contribution in [2.75, 3.05) is 14.7 Å². The Morgan fingerprint density at radius 1 is 0.308 bits per heavy atom. The molecule has 0 amide bonds. The highest BCUT2D eigenvalue weighted by Crippen LogP contribution is 2.55. The maximum atomic E-state index is 2.61. The van der Waals surface area contributed by atoms with Gasteiger partial charge in [-0.2, -0.15) is 0 Å². The molecule has 374 valence electrons. The van der Waals surface area contributed by atoms with Gasteiger partial charge in [0.15, 0.2) is 0 Å². The summed E-state index contributed by atoms with van der Waals surface area (Å²) in [5.41, 5.74) is 29.1. The van der Waals surface area contributed by atoms with E-state index in [0.717, 1.165) is 28.4 Å². The Hall–Kier alpha value is -9.12. The molecule has 0 radical (unpaired) electrons. The summed E-state index contributed by atoms with van der Waals surface area (Å²) in [4.78, 5) is 7.56. The highest BCUT2D eigenvalue weighted by Gasteiger charge is 2.46. The zero-order chi connectivity index (χ0) is 52.9. The third kappa shape index (κ3) is 7.89. The fraction of sp³-hybridized carbons (Fsp3) is 0.108. The first kappa shape index (κ1) is 47.3. The van der Waals surface area contributed by atoms with Crippen molar-refractivity contribution in [2.45, 2.75) is 52.4 Å². The maximum Gasteiger partial charge on any atom is 0.252 e. The summed E-state index contributed by atoms with van der Waals surface area (Å²) in [5.74, 6) is 0. The molecule has 0 aromatic heterocycles. The van der Waals surface area contributed by atoms with Gasteiger partial charge in [0.1, 0.15) is 0 Å². The van der Waals surface area contributed by atoms with Gasteiger partial charge in [0.05, 0.1) is 5.69 Å². The summed E-state index contributed by atoms with van der Waals surface area (Å²) in [7, 11) is 0. The summed E-state index contributed by atoms with van der Waals surface area (Å²) in [5, 5.41) is 0. The molecule has 0 spiro atoms. The lowest BCUT2D eigenvalue weighted by Gasteiger charge is -2.45. The molecule has 0 fully saturated rings. The van der Waals surface area contributed by atoms with Gasteiger partial charge in [-0.05, 0) is 162 Å². The van der Waals surface area contributed by atoms with E-state index < -0.39 is 0 Å². The van der Waals surface area contributed by atoms with Crippen LogP contribution < -0.4 is 31.1 Å². The van der Waals surface area contributed by atoms with Gasteiger partial charge in [-0.1, -0.05) is 217 Å². The van der Waals surface area contributed by atoms with E-state index in [9.17, 15) is 0 Å². The Labute approximate surface area is 460 Å². The predicted octanol–water partition coefficient (Wildman–Crippen LogP) is 18.5. The van der Waals surface area contributed by atoms with Crippen molar-refractivity contribution in [2.24, 2.45) is 0 Å². The minimum atomic E-state index is -0.0976. The van der Waals surface area contributed by atoms with Crippen LogP contribution in [0.5, 0.6) is 0 Å². The number of rotatable bonds is 7. The largest absolute Gasteiger partial charge is 0.311 e. The first-order valence-corrected chi connectivity index (χ1v) is 27.5. The number of anilines is 9. The molecule has 11 aromatic rings. The van der Waals surface area contributed by atoms with Crippen molar-refractivity contribution in [3.63, 3.8) is 0 Å². The molecule has 0 N–H and O–H groups in total. The summed E-state index contributed by atoms with van der Waals surface area (Å²) in [6, 6.07) is 95.4. The molecule has 11 aromatic carbocycles. The molecule has 0 saturated carbocycles. The number of benzene rings is 11. The van der Waals surface area contributed by atoms with Crippen molar-refractivity contribution >= 4 is 74.3 Å². The first-order valence-electron chi connectivity index (χ1n) is 27.5. The monoisotopic (exact) mass is 1000 g/mol. The van der Waals surface area contributed by atoms with Crippen LogP contribution in [0.2, 0.25) is 0 Å². The van der Waals surface area contributed by atoms with Crippen molar-refractivity contribution < 1.29 is 0 Å². The van der Waals surface area contributed by atoms with Gasteiger partial charge in [0, 0.05) is 56.6 Å². The lowest BCUT2D eigenvalue weighted by Crippen LogP contribution is -2.61. The fourth-order valence-corrected chi connectivity index (χ4v) is 12.5. The van der Waals surface area contributed by atoms with E-state index in [-0.39, 0.29) is 17.5 Å². The summed E-state index contributed by atoms with van der Waals surface area (Å²) >= 11 is 0. The van der Waals surface area contributed by atoms with Gasteiger partial charge >= 0.3 is 0 Å². The molecule has 14 rings (SSSR count). The smallest absolute Gasteiger partial charge is 0.252 e. The van der Waals surface area contributed by atoms with Crippen LogP contribution in [0.4, 0.5) is 51.2 Å². The SMILES string of the molecule is CC(C)(C)c1cc(-c2ccc(N3c4cc(N(c5ccccc5)c5ccccc5)ccc4B4c5cc(-c6ccccc6)cc6c5N(c5ccc(-c7ccccc7)cc5-c5ccccc5-6)c5cccc3c54)cc2)cc(C(C)(C)C)c1. The van der Waals surface area contributed by atoms with E-state index in [2.05, 4.69) is 311 Å². The third-order valence-electron chi connectivity index (χ3n) is 16.4. The summed E-state index contributed by atoms with van der Waals surface area (Å²) in [6.07, 6.45) is 0. The minimum absolute atomic E-state index is 0.00357. The number of para-hydroxylation sites is 2. The van der Waals surface area contributed by atoms with Gasteiger partial charge in [-0.3, -0.25) is 0 Å². The minimum Gasteiger partial charge on any atom is -0.311 e. The third-order valence-corrected chi connectivity index (χ3v) is 16.4. The van der Waals surface area contributed by atoms with Crippen molar-refractivity contribution in [1.82, 2.24) is 0 Å². The van der Waals surface area contributed by atoms with E-state index in [1.807, 2.05) is 0 Å². The van der Waals surface area contributed by atoms with Gasteiger partial charge in [0.2, 0.25) is 0 Å². The molecular weight excluding hydrogens is 942 g/mol. The topological polar surface area (TPSA) is 9.72 Å². The van der Waals surface area contributed by atoms with Crippen molar-refractivity contribution in [1.29, 1.82) is 0 Å². The average Bonchev–Trinajstić information content (AvgIpc) is 3.62. The van der Waals surface area contributed by atoms with Crippen LogP contribution >= 0.6 is 0 Å². The molecule has 3 aliphatic rings. The Bertz CT molecular complexity index is 4030. The van der Waals surface area contributed by atoms with E-state index in [1.165, 1.54) is 106 Å². The molecule has 3 aliphatic heterocycles. The molecular formula is C74H60BN3. The summed E-state index contributed by atoms with van der Waals surface area (Å²) in [6.45, 7) is 13.8. The maximum absolute atomic E-state index is 2.61. The van der Waals surface area contributed by atoms with Crippen LogP contribution in [0, 0.1) is 0 Å². The first-order chi connectivity index (χ1) is 38.0. The molecule has 78 heavy (non-hydrogen) atoms. The molecule has 3 nitrogen and oxygen atoms in total. The lowest BCUT2D eigenvalue weighted by molar-refractivity contribution is 0.569. The van der Waals surface area contributed by atoms with Crippen LogP contribution in [-0.2, 0) is 10.8 Å². The molecule has 0 atom stereocenters. The van der Waals surface area contributed by atoms with E-state index in [4.69, 9.17) is 0 Å². The number of hydrogen-bond acceptors (Lipinski definition) is 3. The van der Waals surface area contributed by atoms with Gasteiger partial charge < -0.3 is 14.7 Å². The van der Waals surface area contributed by atoms with Gasteiger partial charge in [-0.25, -0.2) is 0 Å². The molecule has 3 heterocycles. The van der Waals surface area contributed by atoms with Crippen molar-refractivity contribution in [3.8, 4) is 55.6 Å². The Morgan fingerprint density at radius 2 is 0.808 bits per heavy atom. The molecule has 0 aliphatic carbocycles. The van der Waals surface area contributed by atoms with Gasteiger partial charge in [0.25, 0.3) is 6.71 Å². The van der Waals surface area contributed by atoms with Crippen LogP contribution in [-0.4, -0.2) is 6.71 Å². The summed E-state index contributed by atoms with van der Waals surface area (Å²) < 4.78 is 0. The molecule has 4 heteroatoms. The number of fused-ring (bicyclic) bond motifs is 9. The van der Waals surface area contributed by atoms with E-state index >= 15 is 0 Å². The zero-order valence-electron chi connectivity index (χ0n) is 45.2. The van der Waals surface area contributed by atoms with Crippen LogP contribution in [0.3, 0.4) is 0 Å². The van der Waals surface area contributed by atoms with E-state index in [0.29, 0.717) is 0 Å². The molecule has 0 unspecified atom stereocenters. The fourth-order valence-electron chi connectivity index (χ4n) is 12.5. The highest BCUT2D eigenvalue weighted by molar-refractivity contribution is 7.00. The normalized spacial score (nSPS) is 12.9. The quantitative estimate of drug-likeness (QED) is 0.147. The number of hydrogen-bond donors (Lipinski definition) is 0. The van der Waals surface area contributed by atoms with Crippen LogP contribution in [0.15, 0.2) is 255 Å². The Kier molecular flexibility index (Phi) is 11.1.